The van der Waals surface area contributed by atoms with Gasteiger partial charge in [0.25, 0.3) is 5.91 Å². The van der Waals surface area contributed by atoms with Gasteiger partial charge >= 0.3 is 5.97 Å². The smallest absolute Gasteiger partial charge is 0.355 e. The van der Waals surface area contributed by atoms with Crippen molar-refractivity contribution >= 4 is 35.0 Å². The molecule has 7 heteroatoms. The fraction of sp³-hybridized carbons (Fsp3) is 0.304. The Morgan fingerprint density at radius 1 is 1.10 bits per heavy atom. The molecule has 0 aliphatic carbocycles. The predicted octanol–water partition coefficient (Wildman–Crippen LogP) is 4.65. The zero-order valence-electron chi connectivity index (χ0n) is 18.3. The molecule has 4 N–H and O–H groups in total. The van der Waals surface area contributed by atoms with Crippen molar-refractivity contribution in [1.82, 2.24) is 0 Å². The number of nitrogens with two attached hydrogens (primary N) is 1. The summed E-state index contributed by atoms with van der Waals surface area (Å²) >= 11 is 1.58. The summed E-state index contributed by atoms with van der Waals surface area (Å²) in [6.07, 6.45) is 3.34. The zero-order chi connectivity index (χ0) is 22.5. The van der Waals surface area contributed by atoms with Gasteiger partial charge in [-0.3, -0.25) is 4.79 Å². The molecule has 160 valence electrons. The molecule has 6 nitrogen and oxygen atoms in total. The lowest BCUT2D eigenvalue weighted by atomic mass is 9.87. The minimum atomic E-state index is -0.627. The third-order valence-corrected chi connectivity index (χ3v) is 5.41. The lowest BCUT2D eigenvalue weighted by molar-refractivity contribution is -0.136. The topological polar surface area (TPSA) is 93.4 Å². The number of amides is 1. The fourth-order valence-corrected chi connectivity index (χ4v) is 3.25. The van der Waals surface area contributed by atoms with E-state index in [1.807, 2.05) is 31.4 Å². The first-order chi connectivity index (χ1) is 14.1. The van der Waals surface area contributed by atoms with Crippen LogP contribution >= 0.6 is 11.8 Å². The van der Waals surface area contributed by atoms with Gasteiger partial charge in [-0.1, -0.05) is 32.9 Å². The second-order valence-electron chi connectivity index (χ2n) is 7.88. The number of carbonyl (C=O) groups excluding carboxylic acids is 2. The second-order valence-corrected chi connectivity index (χ2v) is 8.73. The predicted molar refractivity (Wildman–Crippen MR) is 124 cm³/mol. The van der Waals surface area contributed by atoms with Crippen molar-refractivity contribution in [3.8, 4) is 0 Å². The molecule has 0 unspecified atom stereocenters. The molecule has 0 bridgehead atoms. The van der Waals surface area contributed by atoms with E-state index < -0.39 is 5.97 Å². The normalized spacial score (nSPS) is 11.7. The summed E-state index contributed by atoms with van der Waals surface area (Å²) in [5.41, 5.74) is 9.55. The van der Waals surface area contributed by atoms with Crippen molar-refractivity contribution in [2.45, 2.75) is 38.0 Å². The number of hydrogen-bond donors (Lipinski definition) is 3. The van der Waals surface area contributed by atoms with Crippen molar-refractivity contribution in [2.75, 3.05) is 24.0 Å². The summed E-state index contributed by atoms with van der Waals surface area (Å²) < 4.78 is 4.58. The summed E-state index contributed by atoms with van der Waals surface area (Å²) in [6, 6.07) is 11.5. The Labute approximate surface area is 182 Å². The summed E-state index contributed by atoms with van der Waals surface area (Å²) in [4.78, 5) is 25.4. The van der Waals surface area contributed by atoms with Gasteiger partial charge in [-0.25, -0.2) is 4.79 Å². The molecule has 0 radical (unpaired) electrons. The van der Waals surface area contributed by atoms with Crippen LogP contribution in [0.15, 0.2) is 53.2 Å². The average Bonchev–Trinajstić information content (AvgIpc) is 2.71. The number of anilines is 2. The highest BCUT2D eigenvalue weighted by atomic mass is 32.2. The largest absolute Gasteiger partial charge is 0.464 e. The van der Waals surface area contributed by atoms with E-state index in [1.54, 1.807) is 23.9 Å². The number of rotatable bonds is 6. The molecule has 0 saturated heterocycles. The Morgan fingerprint density at radius 2 is 1.80 bits per heavy atom. The lowest BCUT2D eigenvalue weighted by Gasteiger charge is -2.21. The molecule has 0 aromatic heterocycles. The molecule has 2 rings (SSSR count). The van der Waals surface area contributed by atoms with Gasteiger partial charge in [0, 0.05) is 22.3 Å². The first-order valence-electron chi connectivity index (χ1n) is 9.48. The van der Waals surface area contributed by atoms with E-state index in [9.17, 15) is 9.59 Å². The first-order valence-corrected chi connectivity index (χ1v) is 10.7. The van der Waals surface area contributed by atoms with Gasteiger partial charge in [-0.15, -0.1) is 11.8 Å². The van der Waals surface area contributed by atoms with Crippen LogP contribution < -0.4 is 16.4 Å². The summed E-state index contributed by atoms with van der Waals surface area (Å²) in [5.74, 6) is -0.846. The molecule has 0 saturated carbocycles. The minimum Gasteiger partial charge on any atom is -0.464 e. The number of benzene rings is 2. The first kappa shape index (κ1) is 23.3. The number of methoxy groups -OCH3 is 1. The molecule has 0 heterocycles. The van der Waals surface area contributed by atoms with Crippen LogP contribution in [0.5, 0.6) is 0 Å². The number of carbonyl (C=O) groups is 2. The van der Waals surface area contributed by atoms with Gasteiger partial charge in [-0.05, 0) is 54.0 Å². The van der Waals surface area contributed by atoms with Gasteiger partial charge in [0.15, 0.2) is 0 Å². The number of nitrogens with one attached hydrogen (secondary N) is 2. The molecule has 0 fully saturated rings. The molecule has 0 aliphatic rings. The Kier molecular flexibility index (Phi) is 7.56. The van der Waals surface area contributed by atoms with Crippen LogP contribution in [0.2, 0.25) is 0 Å². The van der Waals surface area contributed by atoms with Crippen LogP contribution in [0.3, 0.4) is 0 Å². The molecular weight excluding hydrogens is 398 g/mol. The fourth-order valence-electron chi connectivity index (χ4n) is 2.72. The van der Waals surface area contributed by atoms with Gasteiger partial charge in [0.2, 0.25) is 0 Å². The van der Waals surface area contributed by atoms with Crippen molar-refractivity contribution < 1.29 is 14.3 Å². The van der Waals surface area contributed by atoms with Gasteiger partial charge < -0.3 is 21.1 Å². The van der Waals surface area contributed by atoms with Crippen molar-refractivity contribution in [1.29, 1.82) is 0 Å². The number of aryl methyl sites for hydroxylation is 1. The van der Waals surface area contributed by atoms with E-state index in [1.165, 1.54) is 13.3 Å². The van der Waals surface area contributed by atoms with Crippen molar-refractivity contribution in [3.05, 3.63) is 65.0 Å². The summed E-state index contributed by atoms with van der Waals surface area (Å²) in [6.45, 7) is 8.30. The van der Waals surface area contributed by atoms with Gasteiger partial charge in [-0.2, -0.15) is 0 Å². The van der Waals surface area contributed by atoms with Crippen LogP contribution in [0, 0.1) is 6.92 Å². The van der Waals surface area contributed by atoms with Crippen molar-refractivity contribution in [3.63, 3.8) is 0 Å². The highest BCUT2D eigenvalue weighted by Crippen LogP contribution is 2.32. The van der Waals surface area contributed by atoms with E-state index in [0.29, 0.717) is 11.3 Å². The van der Waals surface area contributed by atoms with Crippen LogP contribution in [0.4, 0.5) is 11.4 Å². The Hall–Kier alpha value is -2.93. The maximum absolute atomic E-state index is 12.9. The number of esters is 1. The summed E-state index contributed by atoms with van der Waals surface area (Å²) in [7, 11) is 1.26. The highest BCUT2D eigenvalue weighted by molar-refractivity contribution is 7.98. The summed E-state index contributed by atoms with van der Waals surface area (Å²) in [5, 5.41) is 5.99. The van der Waals surface area contributed by atoms with E-state index in [2.05, 4.69) is 42.2 Å². The lowest BCUT2D eigenvalue weighted by Crippen LogP contribution is -2.16. The quantitative estimate of drug-likeness (QED) is 0.353. The minimum absolute atomic E-state index is 0.0245. The highest BCUT2D eigenvalue weighted by Gasteiger charge is 2.17. The molecule has 1 amide bonds. The van der Waals surface area contributed by atoms with Crippen LogP contribution in [0.25, 0.3) is 0 Å². The molecule has 2 aromatic rings. The van der Waals surface area contributed by atoms with Crippen LogP contribution in [-0.2, 0) is 14.9 Å². The van der Waals surface area contributed by atoms with E-state index in [-0.39, 0.29) is 17.0 Å². The molecular formula is C23H29N3O3S. The molecule has 0 aliphatic heterocycles. The third kappa shape index (κ3) is 5.79. The number of thioether (sulfide) groups is 1. The van der Waals surface area contributed by atoms with Crippen LogP contribution in [-0.4, -0.2) is 25.2 Å². The standard InChI is InChI=1S/C23H29N3O3S/c1-14-7-8-15(11-18(14)25-13-17(24)22(28)29-5)21(27)26-19-12-16(23(2,3)4)9-10-20(19)30-6/h7-13,25H,24H2,1-6H3,(H,26,27)/b17-13-. The zero-order valence-corrected chi connectivity index (χ0v) is 19.1. The SMILES string of the molecule is COC(=O)/C(N)=C/Nc1cc(C(=O)Nc2cc(C(C)(C)C)ccc2SC)ccc1C. The molecule has 30 heavy (non-hydrogen) atoms. The number of hydrogen-bond acceptors (Lipinski definition) is 6. The Bertz CT molecular complexity index is 978. The molecule has 0 spiro atoms. The number of ether oxygens (including phenoxy) is 1. The van der Waals surface area contributed by atoms with Crippen molar-refractivity contribution in [2.24, 2.45) is 5.73 Å². The van der Waals surface area contributed by atoms with E-state index in [4.69, 9.17) is 5.73 Å². The molecule has 2 aromatic carbocycles. The monoisotopic (exact) mass is 427 g/mol. The third-order valence-electron chi connectivity index (χ3n) is 4.62. The van der Waals surface area contributed by atoms with Gasteiger partial charge in [0.1, 0.15) is 5.70 Å². The van der Waals surface area contributed by atoms with Crippen LogP contribution in [0.1, 0.15) is 42.3 Å². The van der Waals surface area contributed by atoms with E-state index >= 15 is 0 Å². The average molecular weight is 428 g/mol. The maximum atomic E-state index is 12.9. The Morgan fingerprint density at radius 3 is 2.40 bits per heavy atom. The maximum Gasteiger partial charge on any atom is 0.355 e. The second kappa shape index (κ2) is 9.71. The van der Waals surface area contributed by atoms with E-state index in [0.717, 1.165) is 21.7 Å². The van der Waals surface area contributed by atoms with Gasteiger partial charge in [0.05, 0.1) is 12.8 Å². The molecule has 0 atom stereocenters. The Balaban J connectivity index is 2.29.